The van der Waals surface area contributed by atoms with E-state index in [9.17, 15) is 8.42 Å². The molecule has 2 aromatic rings. The van der Waals surface area contributed by atoms with Gasteiger partial charge in [0.15, 0.2) is 5.96 Å². The number of nitrogens with zero attached hydrogens (tertiary/aromatic N) is 1. The molecule has 1 unspecified atom stereocenters. The molecule has 0 bridgehead atoms. The van der Waals surface area contributed by atoms with Gasteiger partial charge in [0.05, 0.1) is 12.6 Å². The lowest BCUT2D eigenvalue weighted by Gasteiger charge is -2.19. The highest BCUT2D eigenvalue weighted by Crippen LogP contribution is 2.16. The van der Waals surface area contributed by atoms with Gasteiger partial charge in [-0.25, -0.2) is 13.1 Å². The molecule has 8 heteroatoms. The van der Waals surface area contributed by atoms with Crippen LogP contribution in [0, 0.1) is 6.92 Å². The second kappa shape index (κ2) is 9.70. The number of guanidine groups is 1. The summed E-state index contributed by atoms with van der Waals surface area (Å²) in [6.45, 7) is 7.48. The van der Waals surface area contributed by atoms with E-state index in [4.69, 9.17) is 0 Å². The van der Waals surface area contributed by atoms with Crippen molar-refractivity contribution < 1.29 is 8.42 Å². The van der Waals surface area contributed by atoms with Crippen molar-refractivity contribution >= 4 is 27.3 Å². The molecule has 0 amide bonds. The molecule has 6 nitrogen and oxygen atoms in total. The van der Waals surface area contributed by atoms with Gasteiger partial charge in [-0.1, -0.05) is 30.3 Å². The normalized spacial score (nSPS) is 13.4. The summed E-state index contributed by atoms with van der Waals surface area (Å²) in [5.74, 6) is 0.665. The van der Waals surface area contributed by atoms with E-state index < -0.39 is 10.0 Å². The van der Waals surface area contributed by atoms with Crippen LogP contribution in [0.5, 0.6) is 0 Å². The zero-order valence-electron chi connectivity index (χ0n) is 15.3. The molecule has 0 fully saturated rings. The monoisotopic (exact) mass is 394 g/mol. The quantitative estimate of drug-likeness (QED) is 0.365. The highest BCUT2D eigenvalue weighted by atomic mass is 32.2. The SMILES string of the molecule is CCNC(=NCCNS(=O)(=O)c1cccs1)NC(C)c1ccccc1C. The summed E-state index contributed by atoms with van der Waals surface area (Å²) in [6.07, 6.45) is 0. The third-order valence-electron chi connectivity index (χ3n) is 3.79. The maximum absolute atomic E-state index is 12.1. The average molecular weight is 395 g/mol. The van der Waals surface area contributed by atoms with E-state index in [0.29, 0.717) is 16.7 Å². The van der Waals surface area contributed by atoms with Crippen molar-refractivity contribution in [1.29, 1.82) is 0 Å². The van der Waals surface area contributed by atoms with Crippen molar-refractivity contribution in [3.05, 3.63) is 52.9 Å². The maximum Gasteiger partial charge on any atom is 0.250 e. The fourth-order valence-corrected chi connectivity index (χ4v) is 4.57. The van der Waals surface area contributed by atoms with Crippen LogP contribution >= 0.6 is 11.3 Å². The van der Waals surface area contributed by atoms with Crippen molar-refractivity contribution in [2.45, 2.75) is 31.0 Å². The van der Waals surface area contributed by atoms with Crippen LogP contribution in [0.3, 0.4) is 0 Å². The molecule has 1 atom stereocenters. The number of hydrogen-bond donors (Lipinski definition) is 3. The van der Waals surface area contributed by atoms with Crippen LogP contribution in [-0.4, -0.2) is 34.0 Å². The first-order valence-electron chi connectivity index (χ1n) is 8.57. The van der Waals surface area contributed by atoms with Crippen molar-refractivity contribution in [2.75, 3.05) is 19.6 Å². The molecular weight excluding hydrogens is 368 g/mol. The third kappa shape index (κ3) is 5.82. The van der Waals surface area contributed by atoms with Crippen molar-refractivity contribution in [3.63, 3.8) is 0 Å². The number of aryl methyl sites for hydroxylation is 1. The summed E-state index contributed by atoms with van der Waals surface area (Å²) in [4.78, 5) is 4.46. The molecular formula is C18H26N4O2S2. The van der Waals surface area contributed by atoms with E-state index in [2.05, 4.69) is 46.3 Å². The van der Waals surface area contributed by atoms with Crippen LogP contribution in [-0.2, 0) is 10.0 Å². The Morgan fingerprint density at radius 3 is 2.65 bits per heavy atom. The van der Waals surface area contributed by atoms with Gasteiger partial charge in [0.2, 0.25) is 10.0 Å². The minimum Gasteiger partial charge on any atom is -0.357 e. The van der Waals surface area contributed by atoms with E-state index >= 15 is 0 Å². The summed E-state index contributed by atoms with van der Waals surface area (Å²) >= 11 is 1.20. The average Bonchev–Trinajstić information content (AvgIpc) is 3.14. The molecule has 142 valence electrons. The Hall–Kier alpha value is -1.90. The standard InChI is InChI=1S/C18H26N4O2S2/c1-4-19-18(22-15(3)16-9-6-5-8-14(16)2)20-11-12-21-26(23,24)17-10-7-13-25-17/h5-10,13,15,21H,4,11-12H2,1-3H3,(H2,19,20,22). The largest absolute Gasteiger partial charge is 0.357 e. The number of hydrogen-bond acceptors (Lipinski definition) is 4. The molecule has 1 aromatic carbocycles. The van der Waals surface area contributed by atoms with Gasteiger partial charge >= 0.3 is 0 Å². The summed E-state index contributed by atoms with van der Waals surface area (Å²) in [6, 6.07) is 11.6. The molecule has 1 heterocycles. The van der Waals surface area contributed by atoms with Gasteiger partial charge in [0.25, 0.3) is 0 Å². The first kappa shape index (κ1) is 20.4. The lowest BCUT2D eigenvalue weighted by Crippen LogP contribution is -2.39. The fourth-order valence-electron chi connectivity index (χ4n) is 2.51. The first-order chi connectivity index (χ1) is 12.4. The second-order valence-electron chi connectivity index (χ2n) is 5.81. The van der Waals surface area contributed by atoms with Crippen LogP contribution in [0.1, 0.15) is 31.0 Å². The Labute approximate surface area is 159 Å². The van der Waals surface area contributed by atoms with Gasteiger partial charge in [-0.3, -0.25) is 4.99 Å². The molecule has 0 radical (unpaired) electrons. The minimum absolute atomic E-state index is 0.0943. The minimum atomic E-state index is -3.44. The summed E-state index contributed by atoms with van der Waals surface area (Å²) < 4.78 is 27.1. The molecule has 0 saturated carbocycles. The number of sulfonamides is 1. The van der Waals surface area contributed by atoms with E-state index in [0.717, 1.165) is 6.54 Å². The van der Waals surface area contributed by atoms with Crippen LogP contribution in [0.25, 0.3) is 0 Å². The number of thiophene rings is 1. The van der Waals surface area contributed by atoms with Crippen LogP contribution < -0.4 is 15.4 Å². The second-order valence-corrected chi connectivity index (χ2v) is 8.75. The zero-order valence-corrected chi connectivity index (χ0v) is 17.0. The lowest BCUT2D eigenvalue weighted by atomic mass is 10.0. The Kier molecular flexibility index (Phi) is 7.62. The maximum atomic E-state index is 12.1. The number of aliphatic imine (C=N–C) groups is 1. The Morgan fingerprint density at radius 2 is 2.00 bits per heavy atom. The van der Waals surface area contributed by atoms with E-state index in [1.54, 1.807) is 17.5 Å². The predicted molar refractivity (Wildman–Crippen MR) is 108 cm³/mol. The fraction of sp³-hybridized carbons (Fsp3) is 0.389. The van der Waals surface area contributed by atoms with E-state index in [1.807, 2.05) is 19.1 Å². The van der Waals surface area contributed by atoms with Gasteiger partial charge < -0.3 is 10.6 Å². The molecule has 0 aliphatic carbocycles. The molecule has 2 rings (SSSR count). The smallest absolute Gasteiger partial charge is 0.250 e. The first-order valence-corrected chi connectivity index (χ1v) is 10.9. The molecule has 0 aliphatic heterocycles. The number of rotatable bonds is 8. The Bertz CT molecular complexity index is 817. The highest BCUT2D eigenvalue weighted by Gasteiger charge is 2.14. The summed E-state index contributed by atoms with van der Waals surface area (Å²) in [5, 5.41) is 8.30. The van der Waals surface area contributed by atoms with E-state index in [1.165, 1.54) is 22.5 Å². The Balaban J connectivity index is 1.93. The van der Waals surface area contributed by atoms with Crippen molar-refractivity contribution in [2.24, 2.45) is 4.99 Å². The van der Waals surface area contributed by atoms with Gasteiger partial charge in [-0.05, 0) is 43.3 Å². The zero-order chi connectivity index (χ0) is 19.0. The molecule has 26 heavy (non-hydrogen) atoms. The molecule has 0 aliphatic rings. The molecule has 0 saturated heterocycles. The molecule has 3 N–H and O–H groups in total. The van der Waals surface area contributed by atoms with Crippen LogP contribution in [0.15, 0.2) is 51.0 Å². The predicted octanol–water partition coefficient (Wildman–Crippen LogP) is 2.65. The van der Waals surface area contributed by atoms with Gasteiger partial charge in [0.1, 0.15) is 4.21 Å². The van der Waals surface area contributed by atoms with Crippen LogP contribution in [0.2, 0.25) is 0 Å². The lowest BCUT2D eigenvalue weighted by molar-refractivity contribution is 0.584. The topological polar surface area (TPSA) is 82.6 Å². The number of nitrogens with one attached hydrogen (secondary N) is 3. The van der Waals surface area contributed by atoms with Gasteiger partial charge in [-0.2, -0.15) is 0 Å². The molecule has 1 aromatic heterocycles. The third-order valence-corrected chi connectivity index (χ3v) is 6.64. The molecule has 0 spiro atoms. The van der Waals surface area contributed by atoms with E-state index in [-0.39, 0.29) is 12.6 Å². The summed E-state index contributed by atoms with van der Waals surface area (Å²) in [7, 11) is -3.44. The Morgan fingerprint density at radius 1 is 1.23 bits per heavy atom. The number of benzene rings is 1. The van der Waals surface area contributed by atoms with Gasteiger partial charge in [-0.15, -0.1) is 11.3 Å². The van der Waals surface area contributed by atoms with Crippen molar-refractivity contribution in [1.82, 2.24) is 15.4 Å². The van der Waals surface area contributed by atoms with Crippen molar-refractivity contribution in [3.8, 4) is 0 Å². The summed E-state index contributed by atoms with van der Waals surface area (Å²) in [5.41, 5.74) is 2.42. The van der Waals surface area contributed by atoms with Gasteiger partial charge in [0, 0.05) is 13.1 Å². The highest BCUT2D eigenvalue weighted by molar-refractivity contribution is 7.91. The van der Waals surface area contributed by atoms with Crippen LogP contribution in [0.4, 0.5) is 0 Å².